The summed E-state index contributed by atoms with van der Waals surface area (Å²) in [5.41, 5.74) is -0.0323. The fraction of sp³-hybridized carbons (Fsp3) is 0.188. The lowest BCUT2D eigenvalue weighted by Gasteiger charge is -2.16. The van der Waals surface area contributed by atoms with Crippen LogP contribution in [0.4, 0.5) is 10.1 Å². The Morgan fingerprint density at radius 2 is 1.70 bits per heavy atom. The van der Waals surface area contributed by atoms with Crippen molar-refractivity contribution in [2.24, 2.45) is 0 Å². The van der Waals surface area contributed by atoms with Crippen LogP contribution in [-0.2, 0) is 14.6 Å². The summed E-state index contributed by atoms with van der Waals surface area (Å²) in [6.07, 6.45) is 0.413. The van der Waals surface area contributed by atoms with Crippen LogP contribution in [0.5, 0.6) is 0 Å². The number of nitrogens with one attached hydrogen (secondary N) is 1. The first-order chi connectivity index (χ1) is 10.9. The van der Waals surface area contributed by atoms with E-state index in [1.54, 1.807) is 6.07 Å². The molecule has 1 fully saturated rings. The van der Waals surface area contributed by atoms with E-state index in [9.17, 15) is 17.6 Å². The first kappa shape index (κ1) is 16.0. The van der Waals surface area contributed by atoms with Gasteiger partial charge in [0.2, 0.25) is 5.91 Å². The number of halogens is 2. The Bertz CT molecular complexity index is 861. The molecule has 0 atom stereocenters. The molecule has 7 heteroatoms. The normalized spacial score (nSPS) is 15.9. The van der Waals surface area contributed by atoms with Crippen LogP contribution in [0.3, 0.4) is 0 Å². The molecule has 0 bridgehead atoms. The van der Waals surface area contributed by atoms with Gasteiger partial charge in [-0.1, -0.05) is 23.7 Å². The molecule has 0 radical (unpaired) electrons. The van der Waals surface area contributed by atoms with E-state index in [1.165, 1.54) is 42.5 Å². The number of carbonyl (C=O) groups is 1. The molecule has 0 spiro atoms. The van der Waals surface area contributed by atoms with Gasteiger partial charge in [0.25, 0.3) is 0 Å². The molecule has 4 nitrogen and oxygen atoms in total. The minimum Gasteiger partial charge on any atom is -0.322 e. The number of rotatable bonds is 4. The number of hydrogen-bond acceptors (Lipinski definition) is 3. The lowest BCUT2D eigenvalue weighted by atomic mass is 10.3. The highest BCUT2D eigenvalue weighted by atomic mass is 35.5. The van der Waals surface area contributed by atoms with Crippen molar-refractivity contribution in [3.05, 3.63) is 59.4 Å². The number of anilines is 1. The number of amides is 1. The van der Waals surface area contributed by atoms with Crippen molar-refractivity contribution < 1.29 is 17.6 Å². The molecule has 23 heavy (non-hydrogen) atoms. The molecule has 0 aliphatic heterocycles. The average molecular weight is 354 g/mol. The van der Waals surface area contributed by atoms with E-state index in [-0.39, 0.29) is 23.4 Å². The van der Waals surface area contributed by atoms with Crippen molar-refractivity contribution in [2.45, 2.75) is 22.5 Å². The van der Waals surface area contributed by atoms with Crippen LogP contribution in [0.1, 0.15) is 12.8 Å². The predicted molar refractivity (Wildman–Crippen MR) is 85.6 cm³/mol. The Balaban J connectivity index is 1.91. The van der Waals surface area contributed by atoms with E-state index >= 15 is 0 Å². The molecule has 0 heterocycles. The van der Waals surface area contributed by atoms with Gasteiger partial charge < -0.3 is 5.32 Å². The Labute approximate surface area is 138 Å². The molecule has 1 amide bonds. The van der Waals surface area contributed by atoms with Crippen LogP contribution in [-0.4, -0.2) is 19.1 Å². The van der Waals surface area contributed by atoms with Gasteiger partial charge in [0.05, 0.1) is 10.6 Å². The largest absolute Gasteiger partial charge is 0.322 e. The minimum atomic E-state index is -3.87. The van der Waals surface area contributed by atoms with Gasteiger partial charge in [0.15, 0.2) is 14.6 Å². The molecule has 3 rings (SSSR count). The van der Waals surface area contributed by atoms with Crippen LogP contribution in [0.2, 0.25) is 5.02 Å². The fourth-order valence-corrected chi connectivity index (χ4v) is 4.38. The zero-order valence-electron chi connectivity index (χ0n) is 11.9. The Hall–Kier alpha value is -1.92. The molecule has 0 saturated heterocycles. The second-order valence-electron chi connectivity index (χ2n) is 5.39. The predicted octanol–water partition coefficient (Wildman–Crippen LogP) is 3.42. The summed E-state index contributed by atoms with van der Waals surface area (Å²) in [6.45, 7) is 0. The highest BCUT2D eigenvalue weighted by Gasteiger charge is 2.61. The van der Waals surface area contributed by atoms with Crippen molar-refractivity contribution in [3.8, 4) is 0 Å². The van der Waals surface area contributed by atoms with Crippen molar-refractivity contribution in [1.82, 2.24) is 0 Å². The summed E-state index contributed by atoms with van der Waals surface area (Å²) in [5, 5.41) is 2.79. The van der Waals surface area contributed by atoms with E-state index < -0.39 is 26.3 Å². The van der Waals surface area contributed by atoms with Crippen LogP contribution in [0, 0.1) is 5.82 Å². The maximum absolute atomic E-state index is 13.6. The van der Waals surface area contributed by atoms with Crippen LogP contribution >= 0.6 is 11.6 Å². The van der Waals surface area contributed by atoms with E-state index in [2.05, 4.69) is 5.32 Å². The Morgan fingerprint density at radius 1 is 1.09 bits per heavy atom. The lowest BCUT2D eigenvalue weighted by Crippen LogP contribution is -2.37. The molecular formula is C16H13ClFNO3S. The molecule has 120 valence electrons. The average Bonchev–Trinajstić information content (AvgIpc) is 3.32. The number of para-hydroxylation sites is 1. The number of benzene rings is 2. The third kappa shape index (κ3) is 2.72. The number of sulfone groups is 1. The van der Waals surface area contributed by atoms with Crippen LogP contribution in [0.25, 0.3) is 0 Å². The van der Waals surface area contributed by atoms with Gasteiger partial charge >= 0.3 is 0 Å². The summed E-state index contributed by atoms with van der Waals surface area (Å²) >= 11 is 5.76. The molecule has 1 N–H and O–H groups in total. The molecule has 1 aliphatic rings. The monoisotopic (exact) mass is 353 g/mol. The smallest absolute Gasteiger partial charge is 0.246 e. The molecule has 2 aromatic rings. The number of hydrogen-bond donors (Lipinski definition) is 1. The van der Waals surface area contributed by atoms with Crippen molar-refractivity contribution >= 4 is 33.0 Å². The first-order valence-corrected chi connectivity index (χ1v) is 8.79. The third-order valence-electron chi connectivity index (χ3n) is 3.88. The molecular weight excluding hydrogens is 341 g/mol. The van der Waals surface area contributed by atoms with Gasteiger partial charge in [-0.2, -0.15) is 0 Å². The van der Waals surface area contributed by atoms with Crippen molar-refractivity contribution in [1.29, 1.82) is 0 Å². The fourth-order valence-electron chi connectivity index (χ4n) is 2.37. The molecule has 1 saturated carbocycles. The molecule has 2 aromatic carbocycles. The molecule has 0 aromatic heterocycles. The standard InChI is InChI=1S/C16H13ClFNO3S/c17-11-5-7-12(8-6-11)23(21,22)16(9-10-16)15(20)19-14-4-2-1-3-13(14)18/h1-8H,9-10H2,(H,19,20). The Morgan fingerprint density at radius 3 is 2.26 bits per heavy atom. The number of carbonyl (C=O) groups excluding carboxylic acids is 1. The Kier molecular flexibility index (Phi) is 3.90. The van der Waals surface area contributed by atoms with E-state index in [4.69, 9.17) is 11.6 Å². The zero-order valence-corrected chi connectivity index (χ0v) is 13.5. The highest BCUT2D eigenvalue weighted by molar-refractivity contribution is 7.94. The zero-order chi connectivity index (χ0) is 16.7. The summed E-state index contributed by atoms with van der Waals surface area (Å²) < 4.78 is 37.6. The SMILES string of the molecule is O=C(Nc1ccccc1F)C1(S(=O)(=O)c2ccc(Cl)cc2)CC1. The van der Waals surface area contributed by atoms with E-state index in [0.717, 1.165) is 0 Å². The second-order valence-corrected chi connectivity index (χ2v) is 8.08. The van der Waals surface area contributed by atoms with Crippen molar-refractivity contribution in [2.75, 3.05) is 5.32 Å². The second kappa shape index (κ2) is 5.62. The molecule has 1 aliphatic carbocycles. The first-order valence-electron chi connectivity index (χ1n) is 6.93. The molecule has 0 unspecified atom stereocenters. The minimum absolute atomic E-state index is 0.0306. The van der Waals surface area contributed by atoms with E-state index in [0.29, 0.717) is 5.02 Å². The van der Waals surface area contributed by atoms with Gasteiger partial charge in [-0.05, 0) is 49.2 Å². The van der Waals surface area contributed by atoms with Crippen molar-refractivity contribution in [3.63, 3.8) is 0 Å². The summed E-state index contributed by atoms with van der Waals surface area (Å²) in [4.78, 5) is 12.5. The van der Waals surface area contributed by atoms with Crippen LogP contribution < -0.4 is 5.32 Å². The van der Waals surface area contributed by atoms with Crippen LogP contribution in [0.15, 0.2) is 53.4 Å². The van der Waals surface area contributed by atoms with Gasteiger partial charge in [0.1, 0.15) is 5.82 Å². The third-order valence-corrected chi connectivity index (χ3v) is 6.65. The summed E-state index contributed by atoms with van der Waals surface area (Å²) in [7, 11) is -3.87. The maximum atomic E-state index is 13.6. The highest BCUT2D eigenvalue weighted by Crippen LogP contribution is 2.47. The van der Waals surface area contributed by atoms with Gasteiger partial charge in [-0.15, -0.1) is 0 Å². The van der Waals surface area contributed by atoms with Gasteiger partial charge in [0, 0.05) is 5.02 Å². The quantitative estimate of drug-likeness (QED) is 0.916. The van der Waals surface area contributed by atoms with Gasteiger partial charge in [-0.3, -0.25) is 4.79 Å². The van der Waals surface area contributed by atoms with E-state index in [1.807, 2.05) is 0 Å². The lowest BCUT2D eigenvalue weighted by molar-refractivity contribution is -0.116. The summed E-state index contributed by atoms with van der Waals surface area (Å²) in [5.74, 6) is -1.32. The van der Waals surface area contributed by atoms with Gasteiger partial charge in [-0.25, -0.2) is 12.8 Å². The maximum Gasteiger partial charge on any atom is 0.246 e. The summed E-state index contributed by atoms with van der Waals surface area (Å²) in [6, 6.07) is 11.3. The topological polar surface area (TPSA) is 63.2 Å².